The van der Waals surface area contributed by atoms with E-state index >= 15 is 13.2 Å². The summed E-state index contributed by atoms with van der Waals surface area (Å²) < 4.78 is 80.6. The Morgan fingerprint density at radius 2 is 0.575 bits per heavy atom. The van der Waals surface area contributed by atoms with Gasteiger partial charge in [0, 0.05) is 16.7 Å². The summed E-state index contributed by atoms with van der Waals surface area (Å²) in [6.45, 7) is 32.4. The second-order valence-electron chi connectivity index (χ2n) is 27.4. The summed E-state index contributed by atoms with van der Waals surface area (Å²) >= 11 is 0. The standard InChI is InChI=1S/C72H84F3O4P/c1-46(55-37-58-61(40-64(55)73)70(10,11)31-28-67(58,4)5)34-49-16-22-52(23-17-49)43-77-80(76,78-44-53-24-18-50(19-25-53)35-47(2)56-38-59-62(41-65(56)74)71(12,13)32-29-68(59,6)7)79-45-54-26-20-51(21-27-54)36-48(3)57-39-60-63(42-66(57)75)72(14,15)33-30-69(60,8)9/h16-27,34-42H,28-33,43-45H2,1-15H3/b46-34+,47-35+,48-36+. The van der Waals surface area contributed by atoms with E-state index in [1.54, 1.807) is 18.2 Å². The first-order chi connectivity index (χ1) is 37.4. The third-order valence-corrected chi connectivity index (χ3v) is 19.7. The highest BCUT2D eigenvalue weighted by atomic mass is 31.2. The highest BCUT2D eigenvalue weighted by molar-refractivity contribution is 7.48. The van der Waals surface area contributed by atoms with E-state index in [9.17, 15) is 4.57 Å². The number of benzene rings is 6. The van der Waals surface area contributed by atoms with Crippen molar-refractivity contribution in [2.75, 3.05) is 0 Å². The quantitative estimate of drug-likeness (QED) is 0.0759. The van der Waals surface area contributed by atoms with Gasteiger partial charge in [-0.2, -0.15) is 0 Å². The van der Waals surface area contributed by atoms with E-state index < -0.39 is 7.82 Å². The van der Waals surface area contributed by atoms with Crippen molar-refractivity contribution < 1.29 is 31.3 Å². The zero-order chi connectivity index (χ0) is 58.0. The third kappa shape index (κ3) is 12.6. The first-order valence-electron chi connectivity index (χ1n) is 28.8. The number of hydrogen-bond acceptors (Lipinski definition) is 4. The summed E-state index contributed by atoms with van der Waals surface area (Å²) in [5, 5.41) is 0. The maximum Gasteiger partial charge on any atom is 0.475 e. The summed E-state index contributed by atoms with van der Waals surface area (Å²) in [5.74, 6) is -0.648. The van der Waals surface area contributed by atoms with Crippen molar-refractivity contribution in [1.82, 2.24) is 0 Å². The predicted molar refractivity (Wildman–Crippen MR) is 327 cm³/mol. The van der Waals surface area contributed by atoms with Crippen LogP contribution < -0.4 is 0 Å². The van der Waals surface area contributed by atoms with Crippen molar-refractivity contribution >= 4 is 42.8 Å². The summed E-state index contributed by atoms with van der Waals surface area (Å²) in [5.41, 5.74) is 15.7. The molecule has 9 rings (SSSR count). The molecule has 0 aliphatic heterocycles. The lowest BCUT2D eigenvalue weighted by molar-refractivity contribution is 0.0978. The minimum Gasteiger partial charge on any atom is -0.282 e. The Labute approximate surface area is 476 Å². The molecule has 4 nitrogen and oxygen atoms in total. The Balaban J connectivity index is 0.916. The van der Waals surface area contributed by atoms with E-state index in [2.05, 4.69) is 101 Å². The molecule has 6 aromatic carbocycles. The highest BCUT2D eigenvalue weighted by Gasteiger charge is 2.41. The molecule has 3 aliphatic carbocycles. The molecule has 0 aromatic heterocycles. The SMILES string of the molecule is C/C(=C\c1ccc(COP(=O)(OCc2ccc(/C=C(\C)c3cc4c(cc3F)C(C)(C)CCC4(C)C)cc2)OCc2ccc(/C=C(\C)c3cc4c(cc3F)C(C)(C)CCC4(C)C)cc2)cc1)c1cc2c(cc1F)C(C)(C)CCC2(C)C. The van der Waals surface area contributed by atoms with Crippen molar-refractivity contribution in [2.24, 2.45) is 0 Å². The molecule has 6 aromatic rings. The monoisotopic (exact) mass is 1100 g/mol. The van der Waals surface area contributed by atoms with Crippen molar-refractivity contribution in [1.29, 1.82) is 0 Å². The largest absolute Gasteiger partial charge is 0.475 e. The maximum absolute atomic E-state index is 15.8. The van der Waals surface area contributed by atoms with Gasteiger partial charge in [0.15, 0.2) is 0 Å². The lowest BCUT2D eigenvalue weighted by atomic mass is 9.63. The molecular formula is C72H84F3O4P. The minimum absolute atomic E-state index is 0.0476. The minimum atomic E-state index is -4.21. The number of hydrogen-bond donors (Lipinski definition) is 0. The topological polar surface area (TPSA) is 44.8 Å². The molecule has 8 heteroatoms. The Hall–Kier alpha value is -5.56. The van der Waals surface area contributed by atoms with Crippen LogP contribution in [-0.4, -0.2) is 0 Å². The van der Waals surface area contributed by atoms with Crippen LogP contribution in [0.25, 0.3) is 34.9 Å². The van der Waals surface area contributed by atoms with E-state index in [1.165, 1.54) is 16.7 Å². The molecule has 0 saturated carbocycles. The number of allylic oxidation sites excluding steroid dienone is 3. The van der Waals surface area contributed by atoms with Crippen molar-refractivity contribution in [2.45, 2.75) is 195 Å². The maximum atomic E-state index is 15.8. The Bertz CT molecular complexity index is 3100. The Morgan fingerprint density at radius 1 is 0.375 bits per heavy atom. The van der Waals surface area contributed by atoms with Gasteiger partial charge in [0.05, 0.1) is 19.8 Å². The molecule has 0 radical (unpaired) electrons. The summed E-state index contributed by atoms with van der Waals surface area (Å²) in [4.78, 5) is 0. The van der Waals surface area contributed by atoms with Gasteiger partial charge < -0.3 is 0 Å². The highest BCUT2D eigenvalue weighted by Crippen LogP contribution is 2.53. The number of rotatable bonds is 15. The molecule has 0 spiro atoms. The van der Waals surface area contributed by atoms with E-state index in [1.807, 2.05) is 112 Å². The van der Waals surface area contributed by atoms with Gasteiger partial charge in [-0.1, -0.05) is 174 Å². The fourth-order valence-corrected chi connectivity index (χ4v) is 13.5. The van der Waals surface area contributed by atoms with Crippen molar-refractivity contribution in [3.8, 4) is 0 Å². The van der Waals surface area contributed by atoms with E-state index in [4.69, 9.17) is 13.6 Å². The molecule has 0 heterocycles. The molecule has 0 bridgehead atoms. The third-order valence-electron chi connectivity index (χ3n) is 18.4. The molecular weight excluding hydrogens is 1020 g/mol. The normalized spacial score (nSPS) is 19.0. The summed E-state index contributed by atoms with van der Waals surface area (Å²) in [6.07, 6.45) is 12.1. The van der Waals surface area contributed by atoms with Gasteiger partial charge in [-0.05, 0) is 212 Å². The fraction of sp³-hybridized carbons (Fsp3) is 0.417. The predicted octanol–water partition coefficient (Wildman–Crippen LogP) is 20.9. The zero-order valence-corrected chi connectivity index (χ0v) is 51.1. The molecule has 0 N–H and O–H groups in total. The number of phosphoric acid groups is 1. The van der Waals surface area contributed by atoms with Gasteiger partial charge in [0.1, 0.15) is 17.5 Å². The van der Waals surface area contributed by atoms with E-state index in [-0.39, 0.29) is 69.8 Å². The van der Waals surface area contributed by atoms with Gasteiger partial charge in [0.25, 0.3) is 0 Å². The lowest BCUT2D eigenvalue weighted by Gasteiger charge is -2.42. The Morgan fingerprint density at radius 3 is 0.787 bits per heavy atom. The second-order valence-corrected chi connectivity index (χ2v) is 29.1. The molecule has 422 valence electrons. The molecule has 0 amide bonds. The van der Waals surface area contributed by atoms with Gasteiger partial charge >= 0.3 is 7.82 Å². The summed E-state index contributed by atoms with van der Waals surface area (Å²) in [6, 6.07) is 34.4. The van der Waals surface area contributed by atoms with Crippen LogP contribution in [0.2, 0.25) is 0 Å². The average Bonchev–Trinajstić information content (AvgIpc) is 3.49. The van der Waals surface area contributed by atoms with Crippen LogP contribution in [0, 0.1) is 17.5 Å². The van der Waals surface area contributed by atoms with Crippen LogP contribution in [0.5, 0.6) is 0 Å². The molecule has 0 fully saturated rings. The molecule has 3 aliphatic rings. The van der Waals surface area contributed by atoms with Crippen LogP contribution in [-0.2, 0) is 70.4 Å². The first-order valence-corrected chi connectivity index (χ1v) is 30.2. The fourth-order valence-electron chi connectivity index (χ4n) is 12.4. The average molecular weight is 1100 g/mol. The van der Waals surface area contributed by atoms with Gasteiger partial charge in [-0.25, -0.2) is 17.7 Å². The van der Waals surface area contributed by atoms with Gasteiger partial charge in [-0.15, -0.1) is 0 Å². The van der Waals surface area contributed by atoms with Crippen molar-refractivity contribution in [3.63, 3.8) is 0 Å². The summed E-state index contributed by atoms with van der Waals surface area (Å²) in [7, 11) is -4.21. The first kappa shape index (κ1) is 59.1. The zero-order valence-electron chi connectivity index (χ0n) is 50.2. The van der Waals surface area contributed by atoms with Crippen LogP contribution in [0.15, 0.2) is 109 Å². The van der Waals surface area contributed by atoms with Gasteiger partial charge in [-0.3, -0.25) is 13.6 Å². The molecule has 80 heavy (non-hydrogen) atoms. The number of halogens is 3. The van der Waals surface area contributed by atoms with Crippen LogP contribution in [0.4, 0.5) is 13.2 Å². The molecule has 0 saturated heterocycles. The number of phosphoric ester groups is 1. The van der Waals surface area contributed by atoms with Gasteiger partial charge in [0.2, 0.25) is 0 Å². The molecule has 0 atom stereocenters. The lowest BCUT2D eigenvalue weighted by Crippen LogP contribution is -2.34. The Kier molecular flexibility index (Phi) is 16.2. The van der Waals surface area contributed by atoms with Crippen LogP contribution >= 0.6 is 7.82 Å². The molecule has 0 unspecified atom stereocenters. The van der Waals surface area contributed by atoms with E-state index in [0.717, 1.165) is 105 Å². The van der Waals surface area contributed by atoms with Crippen LogP contribution in [0.3, 0.4) is 0 Å². The van der Waals surface area contributed by atoms with E-state index in [0.29, 0.717) is 16.7 Å². The smallest absolute Gasteiger partial charge is 0.282 e. The van der Waals surface area contributed by atoms with Crippen molar-refractivity contribution in [3.05, 3.63) is 210 Å². The second kappa shape index (κ2) is 22.0. The number of fused-ring (bicyclic) bond motifs is 3. The van der Waals surface area contributed by atoms with Crippen LogP contribution in [0.1, 0.15) is 226 Å².